The number of rotatable bonds is 8. The first-order valence-electron chi connectivity index (χ1n) is 20.6. The van der Waals surface area contributed by atoms with Crippen LogP contribution in [0.1, 0.15) is 0 Å². The van der Waals surface area contributed by atoms with Gasteiger partial charge in [-0.2, -0.15) is 0 Å². The Balaban J connectivity index is 1.16. The van der Waals surface area contributed by atoms with Crippen LogP contribution in [0.15, 0.2) is 243 Å². The molecular formula is C58H40N2. The molecule has 2 heteroatoms. The highest BCUT2D eigenvalue weighted by Crippen LogP contribution is 2.47. The third-order valence-electron chi connectivity index (χ3n) is 11.8. The number of benzene rings is 10. The maximum absolute atomic E-state index is 2.45. The standard InChI is InChI=1S/C58H40N2/c1-4-18-41(19-5-1)48-26-12-13-27-49(48)44-34-36-46(37-35-44)59(56-32-17-33-57-58(56)53-29-14-15-31-55(53)60(57)45-24-8-3-9-25-45)47-38-39-52(54(40-47)43-20-6-2-7-21-43)51-30-16-23-42-22-10-11-28-50(42)51/h1-40H. The second-order valence-electron chi connectivity index (χ2n) is 15.3. The van der Waals surface area contributed by atoms with E-state index in [9.17, 15) is 0 Å². The van der Waals surface area contributed by atoms with Crippen molar-refractivity contribution in [2.24, 2.45) is 0 Å². The molecule has 11 aromatic rings. The Kier molecular flexibility index (Phi) is 8.87. The third-order valence-corrected chi connectivity index (χ3v) is 11.8. The maximum Gasteiger partial charge on any atom is 0.0562 e. The highest BCUT2D eigenvalue weighted by atomic mass is 15.1. The summed E-state index contributed by atoms with van der Waals surface area (Å²) in [5.74, 6) is 0. The van der Waals surface area contributed by atoms with E-state index in [1.807, 2.05) is 0 Å². The smallest absolute Gasteiger partial charge is 0.0562 e. The Bertz CT molecular complexity index is 3290. The molecule has 282 valence electrons. The molecule has 0 spiro atoms. The summed E-state index contributed by atoms with van der Waals surface area (Å²) in [6, 6.07) is 87.9. The van der Waals surface area contributed by atoms with E-state index < -0.39 is 0 Å². The van der Waals surface area contributed by atoms with Crippen molar-refractivity contribution in [3.63, 3.8) is 0 Å². The normalized spacial score (nSPS) is 11.3. The van der Waals surface area contributed by atoms with Gasteiger partial charge in [0.15, 0.2) is 0 Å². The monoisotopic (exact) mass is 764 g/mol. The van der Waals surface area contributed by atoms with E-state index in [0.29, 0.717) is 0 Å². The van der Waals surface area contributed by atoms with Crippen LogP contribution in [0.2, 0.25) is 0 Å². The average Bonchev–Trinajstić information content (AvgIpc) is 3.68. The lowest BCUT2D eigenvalue weighted by Crippen LogP contribution is -2.11. The van der Waals surface area contributed by atoms with Crippen molar-refractivity contribution in [3.8, 4) is 50.2 Å². The van der Waals surface area contributed by atoms with Gasteiger partial charge in [-0.25, -0.2) is 0 Å². The van der Waals surface area contributed by atoms with E-state index >= 15 is 0 Å². The molecule has 0 bridgehead atoms. The molecular weight excluding hydrogens is 725 g/mol. The second-order valence-corrected chi connectivity index (χ2v) is 15.3. The number of nitrogens with zero attached hydrogens (tertiary/aromatic N) is 2. The summed E-state index contributed by atoms with van der Waals surface area (Å²) in [6.45, 7) is 0. The first-order chi connectivity index (χ1) is 29.8. The third kappa shape index (κ3) is 6.14. The molecule has 1 aromatic heterocycles. The van der Waals surface area contributed by atoms with Crippen LogP contribution in [0, 0.1) is 0 Å². The molecule has 11 rings (SSSR count). The Hall–Kier alpha value is -7.94. The van der Waals surface area contributed by atoms with Crippen LogP contribution in [-0.2, 0) is 0 Å². The van der Waals surface area contributed by atoms with E-state index in [-0.39, 0.29) is 0 Å². The maximum atomic E-state index is 2.45. The van der Waals surface area contributed by atoms with Crippen LogP contribution in [0.3, 0.4) is 0 Å². The second kappa shape index (κ2) is 15.1. The number of anilines is 3. The Morgan fingerprint density at radius 1 is 0.300 bits per heavy atom. The number of para-hydroxylation sites is 2. The molecule has 0 radical (unpaired) electrons. The van der Waals surface area contributed by atoms with Gasteiger partial charge >= 0.3 is 0 Å². The van der Waals surface area contributed by atoms with E-state index in [4.69, 9.17) is 0 Å². The van der Waals surface area contributed by atoms with Gasteiger partial charge in [-0.1, -0.05) is 188 Å². The fourth-order valence-electron chi connectivity index (χ4n) is 9.09. The summed E-state index contributed by atoms with van der Waals surface area (Å²) >= 11 is 0. The van der Waals surface area contributed by atoms with Gasteiger partial charge in [0.2, 0.25) is 0 Å². The highest BCUT2D eigenvalue weighted by Gasteiger charge is 2.23. The molecule has 0 aliphatic rings. The van der Waals surface area contributed by atoms with Crippen LogP contribution in [0.4, 0.5) is 17.1 Å². The Morgan fingerprint density at radius 3 is 1.55 bits per heavy atom. The summed E-state index contributed by atoms with van der Waals surface area (Å²) < 4.78 is 2.40. The molecule has 0 amide bonds. The molecule has 0 atom stereocenters. The van der Waals surface area contributed by atoms with Crippen molar-refractivity contribution in [1.29, 1.82) is 0 Å². The Morgan fingerprint density at radius 2 is 0.817 bits per heavy atom. The summed E-state index contributed by atoms with van der Waals surface area (Å²) in [5, 5.41) is 4.89. The zero-order valence-corrected chi connectivity index (χ0v) is 33.0. The van der Waals surface area contributed by atoms with E-state index in [2.05, 4.69) is 252 Å². The molecule has 0 fully saturated rings. The highest BCUT2D eigenvalue weighted by molar-refractivity contribution is 6.16. The topological polar surface area (TPSA) is 8.17 Å². The van der Waals surface area contributed by atoms with Gasteiger partial charge in [-0.15, -0.1) is 0 Å². The van der Waals surface area contributed by atoms with Gasteiger partial charge < -0.3 is 9.47 Å². The zero-order chi connectivity index (χ0) is 39.8. The number of fused-ring (bicyclic) bond motifs is 4. The fraction of sp³-hybridized carbons (Fsp3) is 0. The molecule has 0 aliphatic heterocycles. The zero-order valence-electron chi connectivity index (χ0n) is 33.0. The molecule has 0 unspecified atom stereocenters. The van der Waals surface area contributed by atoms with Crippen molar-refractivity contribution in [2.75, 3.05) is 4.90 Å². The predicted octanol–water partition coefficient (Wildman–Crippen LogP) is 16.1. The van der Waals surface area contributed by atoms with Crippen LogP contribution >= 0.6 is 0 Å². The lowest BCUT2D eigenvalue weighted by atomic mass is 9.90. The first kappa shape index (κ1) is 35.2. The minimum absolute atomic E-state index is 1.08. The number of hydrogen-bond acceptors (Lipinski definition) is 1. The SMILES string of the molecule is c1ccc(-c2ccccc2-c2ccc(N(c3ccc(-c4cccc5ccccc45)c(-c4ccccc4)c3)c3cccc4c3c3ccccc3n4-c3ccccc3)cc2)cc1. The quantitative estimate of drug-likeness (QED) is 0.150. The van der Waals surface area contributed by atoms with Gasteiger partial charge in [0, 0.05) is 27.8 Å². The summed E-state index contributed by atoms with van der Waals surface area (Å²) in [7, 11) is 0. The van der Waals surface area contributed by atoms with Gasteiger partial charge in [0.1, 0.15) is 0 Å². The lowest BCUT2D eigenvalue weighted by Gasteiger charge is -2.28. The van der Waals surface area contributed by atoms with E-state index in [1.54, 1.807) is 0 Å². The van der Waals surface area contributed by atoms with Gasteiger partial charge in [-0.05, 0) is 110 Å². The largest absolute Gasteiger partial charge is 0.310 e. The van der Waals surface area contributed by atoms with Crippen LogP contribution < -0.4 is 4.90 Å². The minimum Gasteiger partial charge on any atom is -0.310 e. The number of aromatic nitrogens is 1. The lowest BCUT2D eigenvalue weighted by molar-refractivity contribution is 1.18. The fourth-order valence-corrected chi connectivity index (χ4v) is 9.09. The molecule has 0 saturated carbocycles. The van der Waals surface area contributed by atoms with Gasteiger partial charge in [0.05, 0.1) is 16.7 Å². The van der Waals surface area contributed by atoms with Crippen molar-refractivity contribution in [2.45, 2.75) is 0 Å². The predicted molar refractivity (Wildman–Crippen MR) is 255 cm³/mol. The summed E-state index contributed by atoms with van der Waals surface area (Å²) in [4.78, 5) is 2.45. The molecule has 2 nitrogen and oxygen atoms in total. The molecule has 60 heavy (non-hydrogen) atoms. The van der Waals surface area contributed by atoms with Crippen molar-refractivity contribution in [3.05, 3.63) is 243 Å². The summed E-state index contributed by atoms with van der Waals surface area (Å²) in [6.07, 6.45) is 0. The molecule has 0 N–H and O–H groups in total. The van der Waals surface area contributed by atoms with Crippen LogP contribution in [0.5, 0.6) is 0 Å². The number of hydrogen-bond donors (Lipinski definition) is 0. The molecule has 0 aliphatic carbocycles. The van der Waals surface area contributed by atoms with Crippen molar-refractivity contribution < 1.29 is 0 Å². The first-order valence-corrected chi connectivity index (χ1v) is 20.6. The van der Waals surface area contributed by atoms with Crippen LogP contribution in [-0.4, -0.2) is 4.57 Å². The van der Waals surface area contributed by atoms with Crippen molar-refractivity contribution in [1.82, 2.24) is 4.57 Å². The molecule has 10 aromatic carbocycles. The van der Waals surface area contributed by atoms with E-state index in [1.165, 1.54) is 71.6 Å². The van der Waals surface area contributed by atoms with Crippen molar-refractivity contribution >= 4 is 49.6 Å². The minimum atomic E-state index is 1.08. The molecule has 0 saturated heterocycles. The Labute approximate surface area is 350 Å². The average molecular weight is 765 g/mol. The molecule has 1 heterocycles. The van der Waals surface area contributed by atoms with Gasteiger partial charge in [0.25, 0.3) is 0 Å². The summed E-state index contributed by atoms with van der Waals surface area (Å²) in [5.41, 5.74) is 16.4. The van der Waals surface area contributed by atoms with E-state index in [0.717, 1.165) is 28.3 Å². The van der Waals surface area contributed by atoms with Gasteiger partial charge in [-0.3, -0.25) is 0 Å². The van der Waals surface area contributed by atoms with Crippen LogP contribution in [0.25, 0.3) is 82.8 Å².